The van der Waals surface area contributed by atoms with Crippen LogP contribution in [0.25, 0.3) is 0 Å². The molecule has 2 amide bonds. The highest BCUT2D eigenvalue weighted by atomic mass is 16.6. The summed E-state index contributed by atoms with van der Waals surface area (Å²) in [6, 6.07) is 28.8. The number of amides is 2. The van der Waals surface area contributed by atoms with E-state index in [9.17, 15) is 19.5 Å². The number of carbonyl (C=O) groups is 3. The summed E-state index contributed by atoms with van der Waals surface area (Å²) in [4.78, 5) is 44.7. The van der Waals surface area contributed by atoms with Gasteiger partial charge in [0.05, 0.1) is 53.6 Å². The smallest absolute Gasteiger partial charge is 0.344 e. The van der Waals surface area contributed by atoms with Gasteiger partial charge in [0.15, 0.2) is 6.61 Å². The van der Waals surface area contributed by atoms with Crippen LogP contribution in [0, 0.1) is 0 Å². The molecular weight excluding hydrogens is 572 g/mol. The van der Waals surface area contributed by atoms with Gasteiger partial charge in [0, 0.05) is 11.1 Å². The lowest BCUT2D eigenvalue weighted by molar-refractivity contribution is -0.145. The fraction of sp³-hybridized carbons (Fsp3) is 0.171. The molecule has 10 nitrogen and oxygen atoms in total. The maximum Gasteiger partial charge on any atom is 0.344 e. The molecule has 2 aliphatic heterocycles. The summed E-state index contributed by atoms with van der Waals surface area (Å²) in [5, 5.41) is 15.5. The van der Waals surface area contributed by atoms with Crippen molar-refractivity contribution in [3.8, 4) is 11.5 Å². The molecule has 0 bridgehead atoms. The van der Waals surface area contributed by atoms with E-state index in [0.29, 0.717) is 57.7 Å². The Morgan fingerprint density at radius 3 is 1.80 bits per heavy atom. The van der Waals surface area contributed by atoms with Crippen LogP contribution in [0.3, 0.4) is 0 Å². The Balaban J connectivity index is 0.000000207. The molecule has 45 heavy (non-hydrogen) atoms. The van der Waals surface area contributed by atoms with Gasteiger partial charge in [-0.25, -0.2) is 14.8 Å². The number of para-hydroxylation sites is 6. The van der Waals surface area contributed by atoms with Crippen molar-refractivity contribution >= 4 is 52.0 Å². The summed E-state index contributed by atoms with van der Waals surface area (Å²) in [5.74, 6) is -0.103. The van der Waals surface area contributed by atoms with Crippen molar-refractivity contribution in [2.45, 2.75) is 27.2 Å². The Morgan fingerprint density at radius 2 is 1.22 bits per heavy atom. The Bertz CT molecular complexity index is 1760. The van der Waals surface area contributed by atoms with Gasteiger partial charge in [-0.05, 0) is 55.5 Å². The number of ether oxygens (including phenoxy) is 2. The summed E-state index contributed by atoms with van der Waals surface area (Å²) in [5.41, 5.74) is 5.18. The second kappa shape index (κ2) is 15.1. The van der Waals surface area contributed by atoms with Crippen molar-refractivity contribution in [2.24, 2.45) is 9.98 Å². The highest BCUT2D eigenvalue weighted by molar-refractivity contribution is 6.18. The Kier molecular flexibility index (Phi) is 10.8. The van der Waals surface area contributed by atoms with Crippen molar-refractivity contribution < 1.29 is 29.0 Å². The highest BCUT2D eigenvalue weighted by Crippen LogP contribution is 2.32. The minimum atomic E-state index is -0.441. The van der Waals surface area contributed by atoms with Crippen LogP contribution in [0.2, 0.25) is 0 Å². The summed E-state index contributed by atoms with van der Waals surface area (Å²) in [7, 11) is 0. The van der Waals surface area contributed by atoms with Crippen LogP contribution in [0.4, 0.5) is 22.7 Å². The number of nitrogens with one attached hydrogen (secondary N) is 2. The lowest BCUT2D eigenvalue weighted by atomic mass is 10.1. The number of esters is 1. The van der Waals surface area contributed by atoms with E-state index in [0.717, 1.165) is 0 Å². The molecule has 2 aliphatic rings. The minimum Gasteiger partial charge on any atom is -0.507 e. The Hall–Kier alpha value is -5.77. The number of anilines is 2. The molecule has 2 heterocycles. The van der Waals surface area contributed by atoms with Gasteiger partial charge in [0.25, 0.3) is 0 Å². The first kappa shape index (κ1) is 32.2. The highest BCUT2D eigenvalue weighted by Gasteiger charge is 2.20. The monoisotopic (exact) mass is 606 g/mol. The van der Waals surface area contributed by atoms with Crippen LogP contribution in [0.1, 0.15) is 38.3 Å². The van der Waals surface area contributed by atoms with E-state index in [2.05, 4.69) is 20.6 Å². The first-order valence-corrected chi connectivity index (χ1v) is 14.0. The maximum atomic E-state index is 12.2. The standard InChI is InChI=1S/C19H18N2O4.C15H12N2O2.CH4/c1-2-24-19(23)12-25-17-10-6-3-7-13(17)16-11-18(22)21-15-9-5-4-8-14(15)20-16;18-14-8-4-1-5-10(14)13-9-15(19)17-12-7-3-2-6-11(12)16-13;/h3-10H,2,11-12H2,1H3,(H,21,22);1-8,18H,9H2,(H,17,19);1H4. The van der Waals surface area contributed by atoms with Gasteiger partial charge < -0.3 is 25.2 Å². The molecule has 4 aromatic rings. The number of benzene rings is 4. The lowest BCUT2D eigenvalue weighted by Gasteiger charge is -2.12. The van der Waals surface area contributed by atoms with Crippen LogP contribution >= 0.6 is 0 Å². The van der Waals surface area contributed by atoms with Crippen molar-refractivity contribution in [3.05, 3.63) is 108 Å². The number of nitrogens with zero attached hydrogens (tertiary/aromatic N) is 2. The molecule has 6 rings (SSSR count). The quantitative estimate of drug-likeness (QED) is 0.212. The van der Waals surface area contributed by atoms with Gasteiger partial charge in [-0.1, -0.05) is 56.0 Å². The van der Waals surface area contributed by atoms with E-state index < -0.39 is 5.97 Å². The van der Waals surface area contributed by atoms with Gasteiger partial charge in [-0.15, -0.1) is 0 Å². The SMILES string of the molecule is C.CCOC(=O)COc1ccccc1C1=Nc2ccccc2NC(=O)C1.O=C1CC(c2ccccc2O)=Nc2ccccc2N1. The van der Waals surface area contributed by atoms with Gasteiger partial charge in [0.2, 0.25) is 11.8 Å². The van der Waals surface area contributed by atoms with Crippen molar-refractivity contribution in [1.29, 1.82) is 0 Å². The number of phenolic OH excluding ortho intramolecular Hbond substituents is 1. The normalized spacial score (nSPS) is 13.3. The zero-order valence-electron chi connectivity index (χ0n) is 23.9. The van der Waals surface area contributed by atoms with E-state index >= 15 is 0 Å². The molecule has 4 aromatic carbocycles. The average Bonchev–Trinajstić information content (AvgIpc) is 3.30. The van der Waals surface area contributed by atoms with Crippen molar-refractivity contribution in [1.82, 2.24) is 0 Å². The summed E-state index contributed by atoms with van der Waals surface area (Å²) in [6.07, 6.45) is 0.265. The molecule has 0 atom stereocenters. The average molecular weight is 607 g/mol. The molecular formula is C35H34N4O6. The Morgan fingerprint density at radius 1 is 0.733 bits per heavy atom. The van der Waals surface area contributed by atoms with Crippen LogP contribution in [0.5, 0.6) is 11.5 Å². The molecule has 0 radical (unpaired) electrons. The molecule has 0 spiro atoms. The van der Waals surface area contributed by atoms with Crippen LogP contribution in [0.15, 0.2) is 107 Å². The number of hydrogen-bond acceptors (Lipinski definition) is 8. The van der Waals surface area contributed by atoms with Crippen LogP contribution in [-0.2, 0) is 19.1 Å². The third kappa shape index (κ3) is 8.20. The predicted octanol–water partition coefficient (Wildman–Crippen LogP) is 6.58. The Labute approximate surface area is 261 Å². The second-order valence-electron chi connectivity index (χ2n) is 9.71. The molecule has 0 saturated heterocycles. The molecule has 0 unspecified atom stereocenters. The van der Waals surface area contributed by atoms with Gasteiger partial charge in [0.1, 0.15) is 11.5 Å². The van der Waals surface area contributed by atoms with E-state index in [1.54, 1.807) is 37.3 Å². The van der Waals surface area contributed by atoms with E-state index in [4.69, 9.17) is 9.47 Å². The number of carbonyl (C=O) groups excluding carboxylic acids is 3. The first-order valence-electron chi connectivity index (χ1n) is 14.0. The zero-order chi connectivity index (χ0) is 30.9. The third-order valence-electron chi connectivity index (χ3n) is 6.59. The number of aliphatic imine (C=N–C) groups is 2. The molecule has 0 fully saturated rings. The summed E-state index contributed by atoms with van der Waals surface area (Å²) < 4.78 is 10.5. The first-order chi connectivity index (χ1) is 21.4. The number of fused-ring (bicyclic) bond motifs is 2. The summed E-state index contributed by atoms with van der Waals surface area (Å²) >= 11 is 0. The fourth-order valence-corrected chi connectivity index (χ4v) is 4.62. The number of hydrogen-bond donors (Lipinski definition) is 3. The predicted molar refractivity (Wildman–Crippen MR) is 175 cm³/mol. The van der Waals surface area contributed by atoms with Crippen molar-refractivity contribution in [3.63, 3.8) is 0 Å². The molecule has 0 aliphatic carbocycles. The van der Waals surface area contributed by atoms with E-state index in [1.807, 2.05) is 66.7 Å². The fourth-order valence-electron chi connectivity index (χ4n) is 4.62. The van der Waals surface area contributed by atoms with Gasteiger partial charge in [-0.3, -0.25) is 9.59 Å². The molecule has 3 N–H and O–H groups in total. The van der Waals surface area contributed by atoms with Crippen LogP contribution < -0.4 is 15.4 Å². The summed E-state index contributed by atoms with van der Waals surface area (Å²) in [6.45, 7) is 1.84. The van der Waals surface area contributed by atoms with Gasteiger partial charge >= 0.3 is 5.97 Å². The third-order valence-corrected chi connectivity index (χ3v) is 6.59. The molecule has 230 valence electrons. The number of phenols is 1. The van der Waals surface area contributed by atoms with Crippen molar-refractivity contribution in [2.75, 3.05) is 23.8 Å². The topological polar surface area (TPSA) is 139 Å². The zero-order valence-corrected chi connectivity index (χ0v) is 23.9. The van der Waals surface area contributed by atoms with E-state index in [-0.39, 0.29) is 44.4 Å². The largest absolute Gasteiger partial charge is 0.507 e. The number of rotatable bonds is 6. The minimum absolute atomic E-state index is 0. The number of aromatic hydroxyl groups is 1. The lowest BCUT2D eigenvalue weighted by Crippen LogP contribution is -2.18. The van der Waals surface area contributed by atoms with Crippen LogP contribution in [-0.4, -0.2) is 47.5 Å². The second-order valence-corrected chi connectivity index (χ2v) is 9.71. The van der Waals surface area contributed by atoms with Gasteiger partial charge in [-0.2, -0.15) is 0 Å². The molecule has 10 heteroatoms. The van der Waals surface area contributed by atoms with E-state index in [1.165, 1.54) is 0 Å². The molecule has 0 aromatic heterocycles. The molecule has 0 saturated carbocycles. The maximum absolute atomic E-state index is 12.2.